The lowest BCUT2D eigenvalue weighted by Gasteiger charge is -2.13. The maximum Gasteiger partial charge on any atom is 0.416 e. The molecule has 2 aromatic heterocycles. The number of halogens is 4. The Morgan fingerprint density at radius 3 is 2.44 bits per heavy atom. The minimum atomic E-state index is -4.68. The van der Waals surface area contributed by atoms with E-state index >= 15 is 0 Å². The predicted molar refractivity (Wildman–Crippen MR) is 108 cm³/mol. The van der Waals surface area contributed by atoms with E-state index in [1.165, 1.54) is 36.8 Å². The Morgan fingerprint density at radius 2 is 1.75 bits per heavy atom. The average molecular weight is 444 g/mol. The number of alkyl halides is 3. The van der Waals surface area contributed by atoms with Crippen molar-refractivity contribution in [2.75, 3.05) is 10.6 Å². The average Bonchev–Trinajstić information content (AvgIpc) is 3.59. The second-order valence-electron chi connectivity index (χ2n) is 7.26. The summed E-state index contributed by atoms with van der Waals surface area (Å²) in [7, 11) is 0. The molecule has 4 rings (SSSR count). The quantitative estimate of drug-likeness (QED) is 0.548. The standard InChI is InChI=1S/C22H16F4N4O2/c23-17-10-14(22(24,25)26)3-4-15(17)16-6-7-27-11-18(16)29-21(32)13-5-8-28-19(9-13)30-20(31)12-1-2-12/h3-12H,1-2H2,(H,29,32)(H,28,30,31). The van der Waals surface area contributed by atoms with Crippen molar-refractivity contribution >= 4 is 23.3 Å². The summed E-state index contributed by atoms with van der Waals surface area (Å²) in [6.07, 6.45) is 0.910. The summed E-state index contributed by atoms with van der Waals surface area (Å²) in [6.45, 7) is 0. The van der Waals surface area contributed by atoms with Gasteiger partial charge in [-0.1, -0.05) is 6.07 Å². The summed E-state index contributed by atoms with van der Waals surface area (Å²) in [4.78, 5) is 32.5. The van der Waals surface area contributed by atoms with Crippen molar-refractivity contribution < 1.29 is 27.2 Å². The van der Waals surface area contributed by atoms with Gasteiger partial charge >= 0.3 is 6.18 Å². The van der Waals surface area contributed by atoms with Crippen LogP contribution in [0.4, 0.5) is 29.1 Å². The lowest BCUT2D eigenvalue weighted by molar-refractivity contribution is -0.137. The van der Waals surface area contributed by atoms with E-state index in [0.29, 0.717) is 6.07 Å². The largest absolute Gasteiger partial charge is 0.416 e. The molecule has 2 heterocycles. The molecule has 1 fully saturated rings. The zero-order valence-corrected chi connectivity index (χ0v) is 16.4. The van der Waals surface area contributed by atoms with Crippen LogP contribution in [0.5, 0.6) is 0 Å². The van der Waals surface area contributed by atoms with Gasteiger partial charge in [0.15, 0.2) is 0 Å². The van der Waals surface area contributed by atoms with Gasteiger partial charge in [-0.05, 0) is 43.2 Å². The van der Waals surface area contributed by atoms with Crippen molar-refractivity contribution in [1.82, 2.24) is 9.97 Å². The SMILES string of the molecule is O=C(Nc1cnccc1-c1ccc(C(F)(F)F)cc1F)c1ccnc(NC(=O)C2CC2)c1. The first-order valence-corrected chi connectivity index (χ1v) is 9.62. The van der Waals surface area contributed by atoms with Crippen molar-refractivity contribution in [3.8, 4) is 11.1 Å². The zero-order valence-electron chi connectivity index (χ0n) is 16.4. The van der Waals surface area contributed by atoms with E-state index < -0.39 is 23.5 Å². The Morgan fingerprint density at radius 1 is 0.969 bits per heavy atom. The number of rotatable bonds is 5. The molecular weight excluding hydrogens is 428 g/mol. The van der Waals surface area contributed by atoms with Crippen molar-refractivity contribution in [3.63, 3.8) is 0 Å². The summed E-state index contributed by atoms with van der Waals surface area (Å²) < 4.78 is 53.0. The number of carbonyl (C=O) groups excluding carboxylic acids is 2. The number of nitrogens with one attached hydrogen (secondary N) is 2. The van der Waals surface area contributed by atoms with Gasteiger partial charge in [0, 0.05) is 35.0 Å². The van der Waals surface area contributed by atoms with Crippen LogP contribution in [0.15, 0.2) is 55.0 Å². The number of hydrogen-bond donors (Lipinski definition) is 2. The summed E-state index contributed by atoms with van der Waals surface area (Å²) in [5.41, 5.74) is -0.792. The number of anilines is 2. The normalized spacial score (nSPS) is 13.5. The van der Waals surface area contributed by atoms with E-state index in [1.807, 2.05) is 0 Å². The van der Waals surface area contributed by atoms with Gasteiger partial charge in [-0.25, -0.2) is 9.37 Å². The number of aromatic nitrogens is 2. The molecule has 0 aliphatic heterocycles. The van der Waals surface area contributed by atoms with Crippen LogP contribution >= 0.6 is 0 Å². The third-order valence-corrected chi connectivity index (χ3v) is 4.88. The lowest BCUT2D eigenvalue weighted by atomic mass is 10.0. The van der Waals surface area contributed by atoms with Gasteiger partial charge in [-0.2, -0.15) is 13.2 Å². The lowest BCUT2D eigenvalue weighted by Crippen LogP contribution is -2.17. The second-order valence-corrected chi connectivity index (χ2v) is 7.26. The van der Waals surface area contributed by atoms with Crippen molar-refractivity contribution in [3.05, 3.63) is 71.9 Å². The third-order valence-electron chi connectivity index (χ3n) is 4.88. The Labute approximate surface area is 179 Å². The van der Waals surface area contributed by atoms with Crippen LogP contribution < -0.4 is 10.6 Å². The van der Waals surface area contributed by atoms with E-state index in [1.54, 1.807) is 0 Å². The van der Waals surface area contributed by atoms with E-state index in [9.17, 15) is 27.2 Å². The molecule has 3 aromatic rings. The van der Waals surface area contributed by atoms with E-state index in [4.69, 9.17) is 0 Å². The van der Waals surface area contributed by atoms with Crippen molar-refractivity contribution in [2.24, 2.45) is 5.92 Å². The van der Waals surface area contributed by atoms with Crippen LogP contribution in [0.3, 0.4) is 0 Å². The molecule has 0 saturated heterocycles. The number of benzene rings is 1. The minimum absolute atomic E-state index is 0.0362. The molecule has 0 radical (unpaired) electrons. The number of nitrogens with zero attached hydrogens (tertiary/aromatic N) is 2. The van der Waals surface area contributed by atoms with Gasteiger partial charge in [0.2, 0.25) is 5.91 Å². The fraction of sp³-hybridized carbons (Fsp3) is 0.182. The van der Waals surface area contributed by atoms with Gasteiger partial charge in [0.25, 0.3) is 5.91 Å². The third kappa shape index (κ3) is 4.74. The maximum absolute atomic E-state index is 14.5. The number of amides is 2. The molecule has 6 nitrogen and oxygen atoms in total. The molecule has 2 N–H and O–H groups in total. The molecule has 2 amide bonds. The fourth-order valence-corrected chi connectivity index (χ4v) is 3.05. The Balaban J connectivity index is 1.57. The molecule has 10 heteroatoms. The maximum atomic E-state index is 14.5. The first-order valence-electron chi connectivity index (χ1n) is 9.62. The Bertz CT molecular complexity index is 1190. The smallest absolute Gasteiger partial charge is 0.320 e. The summed E-state index contributed by atoms with van der Waals surface area (Å²) in [5, 5.41) is 5.22. The second kappa shape index (κ2) is 8.37. The topological polar surface area (TPSA) is 84.0 Å². The highest BCUT2D eigenvalue weighted by molar-refractivity contribution is 6.07. The highest BCUT2D eigenvalue weighted by Gasteiger charge is 2.31. The first kappa shape index (κ1) is 21.4. The molecule has 1 aliphatic rings. The predicted octanol–water partition coefficient (Wildman–Crippen LogP) is 4.90. The number of carbonyl (C=O) groups is 2. The molecule has 32 heavy (non-hydrogen) atoms. The molecule has 1 aromatic carbocycles. The van der Waals surface area contributed by atoms with Gasteiger partial charge in [0.05, 0.1) is 17.4 Å². The molecule has 1 saturated carbocycles. The van der Waals surface area contributed by atoms with Crippen LogP contribution in [-0.4, -0.2) is 21.8 Å². The van der Waals surface area contributed by atoms with E-state index in [2.05, 4.69) is 20.6 Å². The number of hydrogen-bond acceptors (Lipinski definition) is 4. The summed E-state index contributed by atoms with van der Waals surface area (Å²) >= 11 is 0. The molecule has 164 valence electrons. The van der Waals surface area contributed by atoms with E-state index in [-0.39, 0.29) is 40.0 Å². The van der Waals surface area contributed by atoms with Gasteiger partial charge < -0.3 is 10.6 Å². The monoisotopic (exact) mass is 444 g/mol. The summed E-state index contributed by atoms with van der Waals surface area (Å²) in [5.74, 6) is -1.66. The van der Waals surface area contributed by atoms with Gasteiger partial charge in [-0.3, -0.25) is 14.6 Å². The zero-order chi connectivity index (χ0) is 22.9. The fourth-order valence-electron chi connectivity index (χ4n) is 3.05. The molecular formula is C22H16F4N4O2. The van der Waals surface area contributed by atoms with E-state index in [0.717, 1.165) is 25.0 Å². The van der Waals surface area contributed by atoms with Crippen molar-refractivity contribution in [1.29, 1.82) is 0 Å². The van der Waals surface area contributed by atoms with Gasteiger partial charge in [0.1, 0.15) is 11.6 Å². The molecule has 0 unspecified atom stereocenters. The van der Waals surface area contributed by atoms with Crippen LogP contribution in [-0.2, 0) is 11.0 Å². The van der Waals surface area contributed by atoms with Gasteiger partial charge in [-0.15, -0.1) is 0 Å². The summed E-state index contributed by atoms with van der Waals surface area (Å²) in [6, 6.07) is 6.37. The van der Waals surface area contributed by atoms with Crippen molar-refractivity contribution in [2.45, 2.75) is 19.0 Å². The van der Waals surface area contributed by atoms with Crippen LogP contribution in [0.2, 0.25) is 0 Å². The molecule has 0 bridgehead atoms. The molecule has 0 spiro atoms. The minimum Gasteiger partial charge on any atom is -0.320 e. The highest BCUT2D eigenvalue weighted by atomic mass is 19.4. The Kier molecular flexibility index (Phi) is 5.60. The molecule has 1 aliphatic carbocycles. The highest BCUT2D eigenvalue weighted by Crippen LogP contribution is 2.35. The van der Waals surface area contributed by atoms with Crippen LogP contribution in [0.25, 0.3) is 11.1 Å². The molecule has 0 atom stereocenters. The van der Waals surface area contributed by atoms with Crippen LogP contribution in [0, 0.1) is 11.7 Å². The first-order chi connectivity index (χ1) is 15.2. The van der Waals surface area contributed by atoms with Crippen LogP contribution in [0.1, 0.15) is 28.8 Å². The number of pyridine rings is 2. The Hall–Kier alpha value is -3.82.